The van der Waals surface area contributed by atoms with Gasteiger partial charge in [0.1, 0.15) is 0 Å². The van der Waals surface area contributed by atoms with Gasteiger partial charge in [-0.05, 0) is 10.6 Å². The van der Waals surface area contributed by atoms with Crippen LogP contribution in [0.15, 0.2) is 5.11 Å². The predicted molar refractivity (Wildman–Crippen MR) is 33.7 cm³/mol. The van der Waals surface area contributed by atoms with Crippen molar-refractivity contribution >= 4 is 11.7 Å². The van der Waals surface area contributed by atoms with E-state index in [4.69, 9.17) is 11.3 Å². The van der Waals surface area contributed by atoms with E-state index < -0.39 is 5.91 Å². The Morgan fingerprint density at radius 2 is 2.45 bits per heavy atom. The second kappa shape index (κ2) is 2.67. The molecule has 8 nitrogen and oxygen atoms in total. The highest BCUT2D eigenvalue weighted by molar-refractivity contribution is 5.94. The van der Waals surface area contributed by atoms with Gasteiger partial charge < -0.3 is 5.73 Å². The summed E-state index contributed by atoms with van der Waals surface area (Å²) in [5, 5.41) is 11.9. The summed E-state index contributed by atoms with van der Waals surface area (Å²) in [5.41, 5.74) is 12.6. The summed E-state index contributed by atoms with van der Waals surface area (Å²) in [4.78, 5) is 12.9. The zero-order valence-electron chi connectivity index (χ0n) is 5.22. The minimum absolute atomic E-state index is 0.139. The van der Waals surface area contributed by atoms with E-state index >= 15 is 0 Å². The van der Waals surface area contributed by atoms with Crippen LogP contribution in [-0.2, 0) is 0 Å². The number of carbonyl (C=O) groups is 1. The Morgan fingerprint density at radius 3 is 3.00 bits per heavy atom. The van der Waals surface area contributed by atoms with Gasteiger partial charge in [-0.15, -0.1) is 0 Å². The fraction of sp³-hybridized carbons (Fsp3) is 0. The molecule has 56 valence electrons. The minimum Gasteiger partial charge on any atom is -0.364 e. The third-order valence-electron chi connectivity index (χ3n) is 0.902. The van der Waals surface area contributed by atoms with Crippen LogP contribution < -0.4 is 5.73 Å². The maximum atomic E-state index is 10.5. The first-order valence-electron chi connectivity index (χ1n) is 2.51. The highest BCUT2D eigenvalue weighted by Gasteiger charge is 2.10. The van der Waals surface area contributed by atoms with Crippen LogP contribution in [0.3, 0.4) is 0 Å². The lowest BCUT2D eigenvalue weighted by Crippen LogP contribution is -2.11. The summed E-state index contributed by atoms with van der Waals surface area (Å²) in [5.74, 6) is -0.929. The average molecular weight is 153 g/mol. The fourth-order valence-electron chi connectivity index (χ4n) is 0.503. The molecular weight excluding hydrogens is 150 g/mol. The number of hydrogen-bond donors (Lipinski definition) is 2. The molecule has 0 aliphatic rings. The van der Waals surface area contributed by atoms with Crippen LogP contribution in [0.1, 0.15) is 10.5 Å². The first-order valence-corrected chi connectivity index (χ1v) is 2.51. The van der Waals surface area contributed by atoms with Crippen LogP contribution in [0.5, 0.6) is 0 Å². The monoisotopic (exact) mass is 153 g/mol. The first kappa shape index (κ1) is 7.03. The van der Waals surface area contributed by atoms with E-state index in [1.807, 2.05) is 0 Å². The Morgan fingerprint density at radius 1 is 1.73 bits per heavy atom. The number of azide groups is 1. The molecule has 0 unspecified atom stereocenters. The fourth-order valence-corrected chi connectivity index (χ4v) is 0.503. The second-order valence-electron chi connectivity index (χ2n) is 1.55. The van der Waals surface area contributed by atoms with Crippen LogP contribution in [0.25, 0.3) is 10.4 Å². The summed E-state index contributed by atoms with van der Waals surface area (Å²) in [6, 6.07) is 0. The zero-order valence-corrected chi connectivity index (χ0v) is 5.22. The lowest BCUT2D eigenvalue weighted by atomic mass is 10.4. The molecule has 0 aliphatic heterocycles. The van der Waals surface area contributed by atoms with E-state index in [1.165, 1.54) is 0 Å². The molecule has 0 fully saturated rings. The molecule has 1 heterocycles. The van der Waals surface area contributed by atoms with Crippen molar-refractivity contribution in [2.75, 3.05) is 0 Å². The van der Waals surface area contributed by atoms with E-state index in [1.54, 1.807) is 0 Å². The molecule has 0 saturated heterocycles. The molecule has 1 aromatic rings. The van der Waals surface area contributed by atoms with Crippen molar-refractivity contribution in [1.82, 2.24) is 15.4 Å². The van der Waals surface area contributed by atoms with Crippen molar-refractivity contribution in [2.45, 2.75) is 0 Å². The summed E-state index contributed by atoms with van der Waals surface area (Å²) in [7, 11) is 0. The van der Waals surface area contributed by atoms with Crippen molar-refractivity contribution < 1.29 is 4.79 Å². The minimum atomic E-state index is -0.791. The molecule has 8 heteroatoms. The average Bonchev–Trinajstić information content (AvgIpc) is 2.36. The maximum Gasteiger partial charge on any atom is 0.271 e. The molecule has 0 saturated carbocycles. The highest BCUT2D eigenvalue weighted by atomic mass is 16.1. The summed E-state index contributed by atoms with van der Waals surface area (Å²) in [6.45, 7) is 0. The largest absolute Gasteiger partial charge is 0.364 e. The van der Waals surface area contributed by atoms with E-state index in [0.717, 1.165) is 0 Å². The number of rotatable bonds is 2. The molecule has 11 heavy (non-hydrogen) atoms. The third-order valence-corrected chi connectivity index (χ3v) is 0.902. The van der Waals surface area contributed by atoms with Gasteiger partial charge in [-0.1, -0.05) is 0 Å². The predicted octanol–water partition coefficient (Wildman–Crippen LogP) is -0.155. The molecule has 1 rings (SSSR count). The van der Waals surface area contributed by atoms with E-state index in [0.29, 0.717) is 0 Å². The van der Waals surface area contributed by atoms with Gasteiger partial charge in [0.15, 0.2) is 11.5 Å². The topological polar surface area (TPSA) is 133 Å². The lowest BCUT2D eigenvalue weighted by molar-refractivity contribution is 0.0996. The molecule has 3 N–H and O–H groups in total. The molecule has 0 aromatic carbocycles. The van der Waals surface area contributed by atoms with Crippen LogP contribution in [0, 0.1) is 0 Å². The third kappa shape index (κ3) is 1.25. The Hall–Kier alpha value is -2.08. The first-order chi connectivity index (χ1) is 5.25. The number of carbonyl (C=O) groups excluding carboxylic acids is 1. The van der Waals surface area contributed by atoms with Crippen molar-refractivity contribution in [1.29, 1.82) is 0 Å². The number of aromatic nitrogens is 3. The summed E-state index contributed by atoms with van der Waals surface area (Å²) >= 11 is 0. The molecule has 1 aromatic heterocycles. The highest BCUT2D eigenvalue weighted by Crippen LogP contribution is 2.10. The Bertz CT molecular complexity index is 304. The van der Waals surface area contributed by atoms with Crippen molar-refractivity contribution in [2.24, 2.45) is 10.8 Å². The molecule has 1 amide bonds. The standard InChI is InChI=1S/C3H3N7O/c4-2(11)1-3(7-9-5)8-10-6-1/h(H2,4,11)(H,6,8,10). The molecule has 0 atom stereocenters. The number of nitrogens with one attached hydrogen (secondary N) is 1. The molecule has 0 bridgehead atoms. The van der Waals surface area contributed by atoms with E-state index in [2.05, 4.69) is 25.4 Å². The molecule has 0 aliphatic carbocycles. The molecule has 0 radical (unpaired) electrons. The lowest BCUT2D eigenvalue weighted by Gasteiger charge is -1.83. The van der Waals surface area contributed by atoms with Crippen molar-refractivity contribution in [3.8, 4) is 0 Å². The van der Waals surface area contributed by atoms with Gasteiger partial charge in [0.2, 0.25) is 0 Å². The van der Waals surface area contributed by atoms with Gasteiger partial charge >= 0.3 is 0 Å². The Labute approximate surface area is 60.0 Å². The maximum absolute atomic E-state index is 10.5. The quantitative estimate of drug-likeness (QED) is 0.347. The SMILES string of the molecule is [N-]=[N+]=Nc1n[nH]nc1C(N)=O. The smallest absolute Gasteiger partial charge is 0.271 e. The van der Waals surface area contributed by atoms with Gasteiger partial charge in [-0.3, -0.25) is 4.79 Å². The summed E-state index contributed by atoms with van der Waals surface area (Å²) < 4.78 is 0. The van der Waals surface area contributed by atoms with Crippen LogP contribution in [-0.4, -0.2) is 21.3 Å². The number of nitrogens with zero attached hydrogens (tertiary/aromatic N) is 5. The number of aromatic amines is 1. The normalized spacial score (nSPS) is 8.73. The van der Waals surface area contributed by atoms with E-state index in [-0.39, 0.29) is 11.5 Å². The summed E-state index contributed by atoms with van der Waals surface area (Å²) in [6.07, 6.45) is 0. The number of H-pyrrole nitrogens is 1. The van der Waals surface area contributed by atoms with Gasteiger partial charge in [-0.25, -0.2) is 0 Å². The second-order valence-corrected chi connectivity index (χ2v) is 1.55. The Balaban J connectivity index is 3.15. The van der Waals surface area contributed by atoms with E-state index in [9.17, 15) is 4.79 Å². The number of hydrogen-bond acceptors (Lipinski definition) is 4. The number of nitrogens with two attached hydrogens (primary N) is 1. The van der Waals surface area contributed by atoms with Crippen LogP contribution in [0.4, 0.5) is 5.82 Å². The number of primary amides is 1. The Kier molecular flexibility index (Phi) is 1.71. The zero-order chi connectivity index (χ0) is 8.27. The van der Waals surface area contributed by atoms with Gasteiger partial charge in [-0.2, -0.15) is 15.4 Å². The van der Waals surface area contributed by atoms with Crippen molar-refractivity contribution in [3.05, 3.63) is 16.1 Å². The van der Waals surface area contributed by atoms with Crippen molar-refractivity contribution in [3.63, 3.8) is 0 Å². The number of amides is 1. The van der Waals surface area contributed by atoms with Crippen LogP contribution >= 0.6 is 0 Å². The van der Waals surface area contributed by atoms with Crippen LogP contribution in [0.2, 0.25) is 0 Å². The van der Waals surface area contributed by atoms with Gasteiger partial charge in [0.05, 0.1) is 0 Å². The van der Waals surface area contributed by atoms with Gasteiger partial charge in [0, 0.05) is 4.91 Å². The van der Waals surface area contributed by atoms with Gasteiger partial charge in [0.25, 0.3) is 5.91 Å². The molecule has 0 spiro atoms. The molecular formula is C3H3N7O.